The van der Waals surface area contributed by atoms with Crippen molar-refractivity contribution in [3.8, 4) is 11.1 Å². The molecule has 0 radical (unpaired) electrons. The predicted molar refractivity (Wildman–Crippen MR) is 156 cm³/mol. The molecule has 0 spiro atoms. The number of hydrazine groups is 1. The Kier molecular flexibility index (Phi) is 13.4. The second kappa shape index (κ2) is 16.0. The molecule has 198 valence electrons. The van der Waals surface area contributed by atoms with Gasteiger partial charge in [0.25, 0.3) is 0 Å². The highest BCUT2D eigenvalue weighted by molar-refractivity contribution is 8.03. The number of rotatable bonds is 9. The van der Waals surface area contributed by atoms with Gasteiger partial charge in [-0.05, 0) is 62.1 Å². The number of carbonyl (C=O) groups is 1. The number of carbonyl (C=O) groups excluding carboxylic acids is 1. The third-order valence-electron chi connectivity index (χ3n) is 4.70. The van der Waals surface area contributed by atoms with Crippen molar-refractivity contribution in [2.45, 2.75) is 39.9 Å². The van der Waals surface area contributed by atoms with Crippen LogP contribution in [0.25, 0.3) is 11.1 Å². The summed E-state index contributed by atoms with van der Waals surface area (Å²) in [7, 11) is 0. The molecule has 0 fully saturated rings. The minimum absolute atomic E-state index is 0.0824. The molecule has 0 aliphatic heterocycles. The zero-order valence-electron chi connectivity index (χ0n) is 21.9. The zero-order valence-corrected chi connectivity index (χ0v) is 22.7. The number of amides is 1. The van der Waals surface area contributed by atoms with Crippen LogP contribution in [0.3, 0.4) is 0 Å². The summed E-state index contributed by atoms with van der Waals surface area (Å²) in [6.45, 7) is 12.6. The van der Waals surface area contributed by atoms with Gasteiger partial charge in [0.1, 0.15) is 5.82 Å². The fraction of sp³-hybridized carbons (Fsp3) is 0.222. The number of hydrogen-bond acceptors (Lipinski definition) is 7. The first-order valence-corrected chi connectivity index (χ1v) is 12.6. The van der Waals surface area contributed by atoms with Crippen LogP contribution in [0, 0.1) is 0 Å². The smallest absolute Gasteiger partial charge is 0.237 e. The van der Waals surface area contributed by atoms with Gasteiger partial charge in [-0.15, -0.1) is 11.8 Å². The van der Waals surface area contributed by atoms with Gasteiger partial charge in [-0.3, -0.25) is 9.80 Å². The van der Waals surface area contributed by atoms with E-state index in [2.05, 4.69) is 22.0 Å². The number of nitrogens with two attached hydrogens (primary N) is 3. The molecule has 1 atom stereocenters. The molecule has 7 N–H and O–H groups in total. The maximum absolute atomic E-state index is 13.5. The number of benzene rings is 1. The molecule has 0 bridgehead atoms. The van der Waals surface area contributed by atoms with Gasteiger partial charge in [0.05, 0.1) is 22.3 Å². The summed E-state index contributed by atoms with van der Waals surface area (Å²) in [5, 5.41) is 9.42. The normalized spacial score (nSPS) is 13.0. The Labute approximate surface area is 222 Å². The fourth-order valence-electron chi connectivity index (χ4n) is 2.97. The first-order chi connectivity index (χ1) is 17.7. The topological polar surface area (TPSA) is 136 Å². The third kappa shape index (κ3) is 9.25. The van der Waals surface area contributed by atoms with E-state index in [1.54, 1.807) is 24.4 Å². The van der Waals surface area contributed by atoms with Crippen LogP contribution in [-0.4, -0.2) is 27.0 Å². The minimum Gasteiger partial charge on any atom is -0.383 e. The number of anilines is 2. The molecule has 10 heteroatoms. The number of nitrogens with one attached hydrogen (secondary N) is 1. The van der Waals surface area contributed by atoms with Crippen molar-refractivity contribution in [3.05, 3.63) is 89.9 Å². The average Bonchev–Trinajstić information content (AvgIpc) is 2.89. The van der Waals surface area contributed by atoms with Gasteiger partial charge < -0.3 is 16.9 Å². The number of halogens is 1. The van der Waals surface area contributed by atoms with E-state index < -0.39 is 5.83 Å². The van der Waals surface area contributed by atoms with Crippen LogP contribution >= 0.6 is 11.8 Å². The maximum atomic E-state index is 13.5. The van der Waals surface area contributed by atoms with Crippen LogP contribution in [0.2, 0.25) is 0 Å². The molecule has 1 aromatic heterocycles. The van der Waals surface area contributed by atoms with E-state index in [0.717, 1.165) is 10.6 Å². The third-order valence-corrected chi connectivity index (χ3v) is 5.75. The largest absolute Gasteiger partial charge is 0.383 e. The van der Waals surface area contributed by atoms with E-state index in [0.29, 0.717) is 16.8 Å². The van der Waals surface area contributed by atoms with Crippen molar-refractivity contribution >= 4 is 35.0 Å². The fourth-order valence-corrected chi connectivity index (χ4v) is 3.54. The molecule has 1 unspecified atom stereocenters. The summed E-state index contributed by atoms with van der Waals surface area (Å²) in [5.74, 6) is 11.5. The molecule has 0 aliphatic carbocycles. The number of thioether (sulfide) groups is 1. The number of hydrogen-bond donors (Lipinski definition) is 4. The molecule has 0 saturated carbocycles. The van der Waals surface area contributed by atoms with Crippen molar-refractivity contribution < 1.29 is 9.18 Å². The maximum Gasteiger partial charge on any atom is 0.237 e. The predicted octanol–water partition coefficient (Wildman–Crippen LogP) is 5.69. The number of aromatic nitrogens is 1. The van der Waals surface area contributed by atoms with Crippen LogP contribution in [0.5, 0.6) is 0 Å². The number of hydrazone groups is 1. The van der Waals surface area contributed by atoms with Gasteiger partial charge in [-0.2, -0.15) is 5.10 Å². The van der Waals surface area contributed by atoms with Crippen LogP contribution in [0.4, 0.5) is 15.9 Å². The number of nitrogens with zero attached hydrogens (tertiary/aromatic N) is 3. The summed E-state index contributed by atoms with van der Waals surface area (Å²) >= 11 is 1.44. The molecule has 1 aromatic carbocycles. The molecule has 1 amide bonds. The zero-order chi connectivity index (χ0) is 28.0. The van der Waals surface area contributed by atoms with E-state index in [-0.39, 0.29) is 28.5 Å². The van der Waals surface area contributed by atoms with Crippen LogP contribution < -0.4 is 22.7 Å². The standard InChI is InChI=1S/C25H30FN7OS.C2H6/c1-5-7-21(13-16(3)26)33(29)24(32-28)22-14-19(15-30-23(22)27)18-8-10-20(11-9-18)31-25(34)17(4)35-12-6-2;1-2/h5-15,17H,1,28-29H2,2-4H3,(H2,27,30)(H,31,34);1-2H3/b12-6-,16-13+,21-7+,32-24-;. The number of allylic oxidation sites excluding steroid dienone is 5. The molecule has 1 heterocycles. The van der Waals surface area contributed by atoms with Crippen molar-refractivity contribution in [2.24, 2.45) is 16.8 Å². The van der Waals surface area contributed by atoms with Gasteiger partial charge >= 0.3 is 0 Å². The van der Waals surface area contributed by atoms with E-state index in [1.165, 1.54) is 36.9 Å². The first kappa shape index (κ1) is 31.1. The van der Waals surface area contributed by atoms with E-state index in [4.69, 9.17) is 17.4 Å². The average molecular weight is 526 g/mol. The lowest BCUT2D eigenvalue weighted by Gasteiger charge is -2.22. The van der Waals surface area contributed by atoms with Crippen LogP contribution in [-0.2, 0) is 4.79 Å². The molecule has 8 nitrogen and oxygen atoms in total. The quantitative estimate of drug-likeness (QED) is 0.109. The second-order valence-electron chi connectivity index (χ2n) is 7.35. The summed E-state index contributed by atoms with van der Waals surface area (Å²) in [6.07, 6.45) is 7.67. The van der Waals surface area contributed by atoms with E-state index >= 15 is 0 Å². The van der Waals surface area contributed by atoms with Crippen molar-refractivity contribution in [1.82, 2.24) is 9.99 Å². The molecule has 2 aromatic rings. The van der Waals surface area contributed by atoms with Gasteiger partial charge in [0, 0.05) is 17.4 Å². The Balaban J connectivity index is 0.00000334. The lowest BCUT2D eigenvalue weighted by atomic mass is 10.0. The van der Waals surface area contributed by atoms with Gasteiger partial charge in [0.15, 0.2) is 5.84 Å². The highest BCUT2D eigenvalue weighted by Crippen LogP contribution is 2.26. The number of amidine groups is 1. The van der Waals surface area contributed by atoms with Crippen LogP contribution in [0.1, 0.15) is 40.2 Å². The summed E-state index contributed by atoms with van der Waals surface area (Å²) in [6, 6.07) is 9.00. The Hall–Kier alpha value is -3.89. The van der Waals surface area contributed by atoms with Gasteiger partial charge in [-0.25, -0.2) is 15.2 Å². The monoisotopic (exact) mass is 525 g/mol. The molecule has 0 aliphatic rings. The number of pyridine rings is 1. The molecular formula is C27H36FN7OS. The Morgan fingerprint density at radius 2 is 1.92 bits per heavy atom. The molecule has 2 rings (SSSR count). The summed E-state index contributed by atoms with van der Waals surface area (Å²) < 4.78 is 13.5. The first-order valence-electron chi connectivity index (χ1n) is 11.6. The lowest BCUT2D eigenvalue weighted by molar-refractivity contribution is -0.115. The van der Waals surface area contributed by atoms with Crippen molar-refractivity contribution in [1.29, 1.82) is 0 Å². The Morgan fingerprint density at radius 1 is 1.27 bits per heavy atom. The molecular weight excluding hydrogens is 489 g/mol. The summed E-state index contributed by atoms with van der Waals surface area (Å²) in [5.41, 5.74) is 8.90. The van der Waals surface area contributed by atoms with Gasteiger partial charge in [0.2, 0.25) is 5.91 Å². The molecule has 0 saturated heterocycles. The minimum atomic E-state index is -0.466. The highest BCUT2D eigenvalue weighted by Gasteiger charge is 2.18. The summed E-state index contributed by atoms with van der Waals surface area (Å²) in [4.78, 5) is 16.6. The second-order valence-corrected chi connectivity index (χ2v) is 8.60. The van der Waals surface area contributed by atoms with Crippen molar-refractivity contribution in [3.63, 3.8) is 0 Å². The Bertz CT molecular complexity index is 1170. The highest BCUT2D eigenvalue weighted by atomic mass is 32.2. The SMILES string of the molecule is C=C/C=C(\C=C(/C)F)N(N)/C(=N\N)c1cc(-c2ccc(NC(=O)C(C)S/C=C\C)cc2)cnc1N.CC. The Morgan fingerprint density at radius 3 is 2.46 bits per heavy atom. The molecule has 37 heavy (non-hydrogen) atoms. The van der Waals surface area contributed by atoms with E-state index in [9.17, 15) is 9.18 Å². The van der Waals surface area contributed by atoms with Crippen molar-refractivity contribution in [2.75, 3.05) is 11.1 Å². The lowest BCUT2D eigenvalue weighted by Crippen LogP contribution is -2.38. The van der Waals surface area contributed by atoms with Crippen LogP contribution in [0.15, 0.2) is 89.4 Å². The van der Waals surface area contributed by atoms with E-state index in [1.807, 2.05) is 51.3 Å². The van der Waals surface area contributed by atoms with Gasteiger partial charge in [-0.1, -0.05) is 44.7 Å². The number of nitrogen functional groups attached to an aromatic ring is 1.